The summed E-state index contributed by atoms with van der Waals surface area (Å²) in [5.74, 6) is 0. The lowest BCUT2D eigenvalue weighted by Gasteiger charge is -2.20. The van der Waals surface area contributed by atoms with Crippen molar-refractivity contribution in [1.29, 1.82) is 0 Å². The van der Waals surface area contributed by atoms with Crippen LogP contribution in [0.4, 0.5) is 5.13 Å². The Hall–Kier alpha value is -1.39. The molecule has 1 heterocycles. The Morgan fingerprint density at radius 3 is 2.95 bits per heavy atom. The molecule has 0 saturated carbocycles. The first-order valence-corrected chi connectivity index (χ1v) is 8.43. The quantitative estimate of drug-likeness (QED) is 0.933. The standard InChI is InChI=1S/C17H23N3S/c1-12-7-4-5-8-13(12)11-20(3)17-19-16-14(18-2)9-6-10-15(16)21-17/h4-5,7-8,14,18H,6,9-11H2,1-3H3. The minimum Gasteiger partial charge on any atom is -0.347 e. The highest BCUT2D eigenvalue weighted by Gasteiger charge is 2.24. The predicted molar refractivity (Wildman–Crippen MR) is 90.1 cm³/mol. The zero-order valence-corrected chi connectivity index (χ0v) is 13.8. The Morgan fingerprint density at radius 2 is 2.19 bits per heavy atom. The van der Waals surface area contributed by atoms with Gasteiger partial charge in [0.1, 0.15) is 0 Å². The maximum absolute atomic E-state index is 4.91. The van der Waals surface area contributed by atoms with Crippen molar-refractivity contribution < 1.29 is 0 Å². The summed E-state index contributed by atoms with van der Waals surface area (Å²) in [7, 11) is 4.18. The number of hydrogen-bond donors (Lipinski definition) is 1. The van der Waals surface area contributed by atoms with Gasteiger partial charge in [-0.1, -0.05) is 24.3 Å². The zero-order chi connectivity index (χ0) is 14.8. The average Bonchev–Trinajstić information content (AvgIpc) is 2.93. The van der Waals surface area contributed by atoms with Gasteiger partial charge in [0.05, 0.1) is 11.7 Å². The fourth-order valence-electron chi connectivity index (χ4n) is 2.96. The second-order valence-electron chi connectivity index (χ2n) is 5.82. The molecule has 0 radical (unpaired) electrons. The van der Waals surface area contributed by atoms with Crippen molar-refractivity contribution in [2.75, 3.05) is 19.0 Å². The van der Waals surface area contributed by atoms with E-state index in [1.54, 1.807) is 0 Å². The molecular formula is C17H23N3S. The molecule has 1 aliphatic rings. The predicted octanol–water partition coefficient (Wildman–Crippen LogP) is 3.68. The molecule has 0 aliphatic heterocycles. The highest BCUT2D eigenvalue weighted by molar-refractivity contribution is 7.15. The Morgan fingerprint density at radius 1 is 1.38 bits per heavy atom. The third-order valence-corrected chi connectivity index (χ3v) is 5.53. The molecule has 3 nitrogen and oxygen atoms in total. The van der Waals surface area contributed by atoms with E-state index in [1.807, 2.05) is 18.4 Å². The number of aryl methyl sites for hydroxylation is 2. The van der Waals surface area contributed by atoms with E-state index in [2.05, 4.69) is 48.5 Å². The average molecular weight is 301 g/mol. The first-order valence-electron chi connectivity index (χ1n) is 7.61. The van der Waals surface area contributed by atoms with Crippen molar-refractivity contribution in [1.82, 2.24) is 10.3 Å². The topological polar surface area (TPSA) is 28.2 Å². The van der Waals surface area contributed by atoms with Gasteiger partial charge in [-0.2, -0.15) is 0 Å². The first-order chi connectivity index (χ1) is 10.2. The second kappa shape index (κ2) is 6.16. The van der Waals surface area contributed by atoms with E-state index in [0.29, 0.717) is 6.04 Å². The molecule has 0 bridgehead atoms. The summed E-state index contributed by atoms with van der Waals surface area (Å²) < 4.78 is 0. The van der Waals surface area contributed by atoms with Crippen LogP contribution in [0.2, 0.25) is 0 Å². The zero-order valence-electron chi connectivity index (χ0n) is 13.0. The van der Waals surface area contributed by atoms with E-state index in [1.165, 1.54) is 41.0 Å². The van der Waals surface area contributed by atoms with E-state index in [9.17, 15) is 0 Å². The largest absolute Gasteiger partial charge is 0.347 e. The Kier molecular flexibility index (Phi) is 4.27. The van der Waals surface area contributed by atoms with Crippen LogP contribution in [0.5, 0.6) is 0 Å². The number of fused-ring (bicyclic) bond motifs is 1. The molecule has 0 saturated heterocycles. The molecule has 1 N–H and O–H groups in total. The van der Waals surface area contributed by atoms with Crippen LogP contribution in [0.15, 0.2) is 24.3 Å². The summed E-state index contributed by atoms with van der Waals surface area (Å²) in [4.78, 5) is 8.65. The molecule has 2 aromatic rings. The van der Waals surface area contributed by atoms with Gasteiger partial charge in [-0.3, -0.25) is 0 Å². The van der Waals surface area contributed by atoms with Gasteiger partial charge < -0.3 is 10.2 Å². The molecule has 21 heavy (non-hydrogen) atoms. The lowest BCUT2D eigenvalue weighted by molar-refractivity contribution is 0.490. The van der Waals surface area contributed by atoms with Gasteiger partial charge in [-0.15, -0.1) is 11.3 Å². The first kappa shape index (κ1) is 14.5. The Balaban J connectivity index is 1.81. The number of thiazole rings is 1. The van der Waals surface area contributed by atoms with Crippen molar-refractivity contribution in [3.8, 4) is 0 Å². The summed E-state index contributed by atoms with van der Waals surface area (Å²) in [6, 6.07) is 9.02. The van der Waals surface area contributed by atoms with Crippen LogP contribution in [0.3, 0.4) is 0 Å². The van der Waals surface area contributed by atoms with Crippen molar-refractivity contribution in [3.63, 3.8) is 0 Å². The summed E-state index contributed by atoms with van der Waals surface area (Å²) in [5.41, 5.74) is 4.00. The van der Waals surface area contributed by atoms with E-state index < -0.39 is 0 Å². The van der Waals surface area contributed by atoms with E-state index in [-0.39, 0.29) is 0 Å². The molecule has 4 heteroatoms. The molecule has 0 spiro atoms. The van der Waals surface area contributed by atoms with E-state index in [4.69, 9.17) is 4.98 Å². The maximum atomic E-state index is 4.91. The van der Waals surface area contributed by atoms with Gasteiger partial charge in [0.2, 0.25) is 0 Å². The number of hydrogen-bond acceptors (Lipinski definition) is 4. The van der Waals surface area contributed by atoms with Crippen LogP contribution >= 0.6 is 11.3 Å². The molecule has 0 fully saturated rings. The summed E-state index contributed by atoms with van der Waals surface area (Å²) in [6.07, 6.45) is 3.65. The van der Waals surface area contributed by atoms with Gasteiger partial charge in [0.25, 0.3) is 0 Å². The van der Waals surface area contributed by atoms with Gasteiger partial charge in [0, 0.05) is 18.5 Å². The third-order valence-electron chi connectivity index (χ3n) is 4.29. The highest BCUT2D eigenvalue weighted by atomic mass is 32.1. The highest BCUT2D eigenvalue weighted by Crippen LogP contribution is 2.36. The molecule has 1 unspecified atom stereocenters. The number of aromatic nitrogens is 1. The minimum atomic E-state index is 0.436. The summed E-state index contributed by atoms with van der Waals surface area (Å²) >= 11 is 1.86. The molecular weight excluding hydrogens is 278 g/mol. The lowest BCUT2D eigenvalue weighted by Crippen LogP contribution is -2.21. The van der Waals surface area contributed by atoms with Gasteiger partial charge >= 0.3 is 0 Å². The monoisotopic (exact) mass is 301 g/mol. The number of rotatable bonds is 4. The van der Waals surface area contributed by atoms with Crippen molar-refractivity contribution in [2.24, 2.45) is 0 Å². The van der Waals surface area contributed by atoms with Gasteiger partial charge in [-0.05, 0) is 44.4 Å². The molecule has 3 rings (SSSR count). The fraction of sp³-hybridized carbons (Fsp3) is 0.471. The molecule has 1 aliphatic carbocycles. The minimum absolute atomic E-state index is 0.436. The molecule has 0 amide bonds. The molecule has 112 valence electrons. The normalized spacial score (nSPS) is 17.6. The van der Waals surface area contributed by atoms with Crippen molar-refractivity contribution in [2.45, 2.75) is 38.8 Å². The van der Waals surface area contributed by atoms with Crippen molar-refractivity contribution >= 4 is 16.5 Å². The van der Waals surface area contributed by atoms with E-state index >= 15 is 0 Å². The smallest absolute Gasteiger partial charge is 0.185 e. The summed E-state index contributed by atoms with van der Waals surface area (Å²) in [5, 5.41) is 4.54. The van der Waals surface area contributed by atoms with Gasteiger partial charge in [0.15, 0.2) is 5.13 Å². The number of anilines is 1. The Bertz CT molecular complexity index is 620. The number of nitrogens with zero attached hydrogens (tertiary/aromatic N) is 2. The van der Waals surface area contributed by atoms with Crippen LogP contribution in [0.1, 0.15) is 40.6 Å². The number of benzene rings is 1. The molecule has 1 aromatic carbocycles. The number of nitrogens with one attached hydrogen (secondary N) is 1. The van der Waals surface area contributed by atoms with Crippen LogP contribution in [-0.4, -0.2) is 19.1 Å². The molecule has 1 aromatic heterocycles. The van der Waals surface area contributed by atoms with Crippen molar-refractivity contribution in [3.05, 3.63) is 46.0 Å². The van der Waals surface area contributed by atoms with Gasteiger partial charge in [-0.25, -0.2) is 4.98 Å². The SMILES string of the molecule is CNC1CCCc2sc(N(C)Cc3ccccc3C)nc21. The van der Waals surface area contributed by atoms with Crippen LogP contribution in [-0.2, 0) is 13.0 Å². The second-order valence-corrected chi connectivity index (χ2v) is 6.88. The van der Waals surface area contributed by atoms with Crippen LogP contribution in [0.25, 0.3) is 0 Å². The third kappa shape index (κ3) is 2.97. The lowest BCUT2D eigenvalue weighted by atomic mass is 9.98. The summed E-state index contributed by atoms with van der Waals surface area (Å²) in [6.45, 7) is 3.09. The van der Waals surface area contributed by atoms with Crippen LogP contribution < -0.4 is 10.2 Å². The Labute approximate surface area is 131 Å². The maximum Gasteiger partial charge on any atom is 0.185 e. The molecule has 1 atom stereocenters. The van der Waals surface area contributed by atoms with E-state index in [0.717, 1.165) is 11.7 Å². The fourth-order valence-corrected chi connectivity index (χ4v) is 4.08. The van der Waals surface area contributed by atoms with Crippen LogP contribution in [0, 0.1) is 6.92 Å².